The molecule has 0 amide bonds. The molecule has 0 saturated carbocycles. The number of thiophene rings is 1. The van der Waals surface area contributed by atoms with E-state index in [0.29, 0.717) is 5.95 Å². The van der Waals surface area contributed by atoms with E-state index in [-0.39, 0.29) is 0 Å². The Bertz CT molecular complexity index is 4040. The van der Waals surface area contributed by atoms with Gasteiger partial charge in [0.05, 0.1) is 43.5 Å². The summed E-state index contributed by atoms with van der Waals surface area (Å²) in [5, 5.41) is 15.8. The van der Waals surface area contributed by atoms with Gasteiger partial charge < -0.3 is 4.40 Å². The van der Waals surface area contributed by atoms with E-state index in [0.717, 1.165) is 44.0 Å². The average molecular weight is 741 g/mol. The number of para-hydroxylation sites is 1. The van der Waals surface area contributed by atoms with Crippen LogP contribution < -0.4 is 0 Å². The van der Waals surface area contributed by atoms with Crippen molar-refractivity contribution in [2.45, 2.75) is 0 Å². The molecule has 0 spiro atoms. The zero-order valence-corrected chi connectivity index (χ0v) is 31.2. The van der Waals surface area contributed by atoms with Crippen LogP contribution in [0.15, 0.2) is 170 Å². The topological polar surface area (TPSA) is 35.1 Å². The van der Waals surface area contributed by atoms with Gasteiger partial charge in [-0.3, -0.25) is 4.57 Å². The van der Waals surface area contributed by atoms with E-state index < -0.39 is 0 Å². The van der Waals surface area contributed by atoms with Crippen molar-refractivity contribution in [3.8, 4) is 17.2 Å². The molecular formula is C52H28N4S. The number of hydrogen-bond donors (Lipinski definition) is 0. The summed E-state index contributed by atoms with van der Waals surface area (Å²) in [5.74, 6) is 0.674. The van der Waals surface area contributed by atoms with Crippen LogP contribution in [0.3, 0.4) is 0 Å². The summed E-state index contributed by atoms with van der Waals surface area (Å²) in [6, 6.07) is 62.0. The first kappa shape index (κ1) is 29.9. The summed E-state index contributed by atoms with van der Waals surface area (Å²) in [5.41, 5.74) is 8.85. The molecule has 5 heterocycles. The van der Waals surface area contributed by atoms with Crippen molar-refractivity contribution in [2.75, 3.05) is 0 Å². The molecular weight excluding hydrogens is 713 g/mol. The third-order valence-corrected chi connectivity index (χ3v) is 13.6. The summed E-state index contributed by atoms with van der Waals surface area (Å²) >= 11 is 1.87. The lowest BCUT2D eigenvalue weighted by Gasteiger charge is -2.14. The normalized spacial score (nSPS) is 12.6. The number of nitrogens with zero attached hydrogens (tertiary/aromatic N) is 4. The predicted octanol–water partition coefficient (Wildman–Crippen LogP) is 14.2. The van der Waals surface area contributed by atoms with Gasteiger partial charge in [0.2, 0.25) is 5.95 Å². The van der Waals surface area contributed by atoms with Crippen LogP contribution in [-0.2, 0) is 0 Å². The van der Waals surface area contributed by atoms with Gasteiger partial charge in [0.25, 0.3) is 0 Å². The molecule has 262 valence electrons. The van der Waals surface area contributed by atoms with E-state index in [4.69, 9.17) is 9.97 Å². The summed E-state index contributed by atoms with van der Waals surface area (Å²) in [7, 11) is 0. The molecule has 0 bridgehead atoms. The van der Waals surface area contributed by atoms with Crippen molar-refractivity contribution < 1.29 is 0 Å². The van der Waals surface area contributed by atoms with Crippen LogP contribution >= 0.6 is 11.3 Å². The minimum atomic E-state index is 0.674. The number of rotatable bonds is 2. The first-order valence-corrected chi connectivity index (χ1v) is 20.2. The average Bonchev–Trinajstić information content (AvgIpc) is 3.90. The lowest BCUT2D eigenvalue weighted by Crippen LogP contribution is -2.04. The van der Waals surface area contributed by atoms with Crippen molar-refractivity contribution in [3.63, 3.8) is 0 Å². The quantitative estimate of drug-likeness (QED) is 0.165. The van der Waals surface area contributed by atoms with Crippen LogP contribution in [0.4, 0.5) is 0 Å². The lowest BCUT2D eigenvalue weighted by atomic mass is 10.0. The maximum absolute atomic E-state index is 5.60. The van der Waals surface area contributed by atoms with E-state index in [1.165, 1.54) is 79.8 Å². The fraction of sp³-hybridized carbons (Fsp3) is 0. The zero-order valence-electron chi connectivity index (χ0n) is 30.4. The molecule has 0 unspecified atom stereocenters. The van der Waals surface area contributed by atoms with Crippen LogP contribution in [-0.4, -0.2) is 18.9 Å². The van der Waals surface area contributed by atoms with Gasteiger partial charge in [-0.25, -0.2) is 9.97 Å². The Kier molecular flexibility index (Phi) is 5.62. The van der Waals surface area contributed by atoms with Gasteiger partial charge in [-0.2, -0.15) is 0 Å². The summed E-state index contributed by atoms with van der Waals surface area (Å²) in [6.07, 6.45) is 0. The maximum atomic E-state index is 5.60. The zero-order chi connectivity index (χ0) is 36.9. The molecule has 0 aliphatic rings. The van der Waals surface area contributed by atoms with Gasteiger partial charge in [-0.05, 0) is 57.9 Å². The largest absolute Gasteiger partial charge is 0.308 e. The van der Waals surface area contributed by atoms with Crippen molar-refractivity contribution in [1.82, 2.24) is 18.9 Å². The van der Waals surface area contributed by atoms with Gasteiger partial charge in [0.15, 0.2) is 0 Å². The van der Waals surface area contributed by atoms with E-state index >= 15 is 0 Å². The Morgan fingerprint density at radius 1 is 0.404 bits per heavy atom. The minimum Gasteiger partial charge on any atom is -0.308 e. The molecule has 5 aromatic heterocycles. The van der Waals surface area contributed by atoms with E-state index in [1.54, 1.807) is 0 Å². The fourth-order valence-corrected chi connectivity index (χ4v) is 11.2. The second kappa shape index (κ2) is 10.7. The number of fused-ring (bicyclic) bond motifs is 13. The Morgan fingerprint density at radius 3 is 1.98 bits per heavy atom. The monoisotopic (exact) mass is 740 g/mol. The molecule has 5 heteroatoms. The highest BCUT2D eigenvalue weighted by Crippen LogP contribution is 2.49. The Morgan fingerprint density at radius 2 is 1.11 bits per heavy atom. The van der Waals surface area contributed by atoms with Crippen molar-refractivity contribution in [1.29, 1.82) is 0 Å². The molecule has 0 fully saturated rings. The van der Waals surface area contributed by atoms with Crippen molar-refractivity contribution >= 4 is 124 Å². The number of hydrogen-bond acceptors (Lipinski definition) is 3. The van der Waals surface area contributed by atoms with E-state index in [9.17, 15) is 0 Å². The van der Waals surface area contributed by atoms with Crippen molar-refractivity contribution in [3.05, 3.63) is 170 Å². The molecule has 57 heavy (non-hydrogen) atoms. The van der Waals surface area contributed by atoms with E-state index in [2.05, 4.69) is 179 Å². The molecule has 0 atom stereocenters. The molecule has 14 rings (SSSR count). The molecule has 9 aromatic carbocycles. The van der Waals surface area contributed by atoms with Gasteiger partial charge in [0, 0.05) is 58.7 Å². The molecule has 0 aliphatic carbocycles. The summed E-state index contributed by atoms with van der Waals surface area (Å²) < 4.78 is 7.46. The molecule has 0 N–H and O–H groups in total. The van der Waals surface area contributed by atoms with E-state index in [1.807, 2.05) is 11.3 Å². The summed E-state index contributed by atoms with van der Waals surface area (Å²) in [4.78, 5) is 11.2. The van der Waals surface area contributed by atoms with Gasteiger partial charge >= 0.3 is 0 Å². The van der Waals surface area contributed by atoms with Crippen LogP contribution in [0.2, 0.25) is 0 Å². The first-order chi connectivity index (χ1) is 28.3. The fourth-order valence-electron chi connectivity index (χ4n) is 9.99. The highest BCUT2D eigenvalue weighted by atomic mass is 32.1. The van der Waals surface area contributed by atoms with Crippen LogP contribution in [0, 0.1) is 0 Å². The third kappa shape index (κ3) is 3.81. The van der Waals surface area contributed by atoms with Crippen LogP contribution in [0.25, 0.3) is 130 Å². The number of benzene rings is 9. The SMILES string of the molecule is c1ccc(-c2nc(-n3c4cccc5c6cccc7c8cc9ccccc9cc8n(c8cc9c%10ccccc%10sc9c3c8c54)c67)nc3c2ccc2ccccc23)cc1. The standard InChI is InChI=1S/C52H28N4S/c1-2-13-30(14-3-1)47-38-25-24-29-12-6-7-17-33(29)48(38)54-52(53-47)56-41-22-11-19-35-36-20-10-21-37-39-26-31-15-4-5-16-32(31)27-42(39)55(49(36)37)43-28-40-34-18-8-9-23-44(34)57-51(40)50(56)46(43)45(35)41/h1-28H. The molecule has 0 saturated heterocycles. The molecule has 0 radical (unpaired) electrons. The Labute approximate surface area is 328 Å². The van der Waals surface area contributed by atoms with Gasteiger partial charge in [-0.1, -0.05) is 133 Å². The second-order valence-electron chi connectivity index (χ2n) is 15.3. The smallest absolute Gasteiger partial charge is 0.235 e. The predicted molar refractivity (Wildman–Crippen MR) is 242 cm³/mol. The Hall–Kier alpha value is -7.34. The molecule has 0 aliphatic heterocycles. The number of aromatic nitrogens is 4. The van der Waals surface area contributed by atoms with Gasteiger partial charge in [0.1, 0.15) is 0 Å². The van der Waals surface area contributed by atoms with Crippen molar-refractivity contribution in [2.24, 2.45) is 0 Å². The molecule has 14 aromatic rings. The van der Waals surface area contributed by atoms with Gasteiger partial charge in [-0.15, -0.1) is 11.3 Å². The third-order valence-electron chi connectivity index (χ3n) is 12.4. The Balaban J connectivity index is 1.28. The van der Waals surface area contributed by atoms with Crippen LogP contribution in [0.5, 0.6) is 0 Å². The molecule has 4 nitrogen and oxygen atoms in total. The lowest BCUT2D eigenvalue weighted by molar-refractivity contribution is 1.02. The minimum absolute atomic E-state index is 0.674. The highest BCUT2D eigenvalue weighted by molar-refractivity contribution is 7.26. The highest BCUT2D eigenvalue weighted by Gasteiger charge is 2.27. The summed E-state index contributed by atoms with van der Waals surface area (Å²) in [6.45, 7) is 0. The van der Waals surface area contributed by atoms with Crippen LogP contribution in [0.1, 0.15) is 0 Å². The first-order valence-electron chi connectivity index (χ1n) is 19.4. The maximum Gasteiger partial charge on any atom is 0.235 e. The second-order valence-corrected chi connectivity index (χ2v) is 16.4.